The predicted molar refractivity (Wildman–Crippen MR) is 163 cm³/mol. The smallest absolute Gasteiger partial charge is 0.311 e. The molecule has 222 valence electrons. The zero-order valence-electron chi connectivity index (χ0n) is 26.0. The molecule has 0 radical (unpaired) electrons. The summed E-state index contributed by atoms with van der Waals surface area (Å²) in [6.45, 7) is 26.5. The van der Waals surface area contributed by atoms with E-state index >= 15 is 0 Å². The monoisotopic (exact) mass is 562 g/mol. The van der Waals surface area contributed by atoms with Gasteiger partial charge in [0.05, 0.1) is 5.41 Å². The highest BCUT2D eigenvalue weighted by Gasteiger charge is 2.50. The molecule has 2 aromatic rings. The van der Waals surface area contributed by atoms with Gasteiger partial charge >= 0.3 is 5.97 Å². The van der Waals surface area contributed by atoms with E-state index in [4.69, 9.17) is 4.74 Å². The highest BCUT2D eigenvalue weighted by Crippen LogP contribution is 2.32. The van der Waals surface area contributed by atoms with E-state index < -0.39 is 0 Å². The van der Waals surface area contributed by atoms with Crippen LogP contribution in [0.5, 0.6) is 0 Å². The fraction of sp³-hybridized carbons (Fsp3) is 0.629. The molecule has 4 bridgehead atoms. The summed E-state index contributed by atoms with van der Waals surface area (Å²) in [6.07, 6.45) is 0.821. The van der Waals surface area contributed by atoms with Crippen molar-refractivity contribution in [1.29, 1.82) is 0 Å². The Morgan fingerprint density at radius 2 is 0.976 bits per heavy atom. The fourth-order valence-corrected chi connectivity index (χ4v) is 8.10. The topological polar surface area (TPSA) is 26.3 Å². The third kappa shape index (κ3) is 6.13. The van der Waals surface area contributed by atoms with Gasteiger partial charge in [0.1, 0.15) is 111 Å². The van der Waals surface area contributed by atoms with Crippen LogP contribution in [-0.2, 0) is 29.2 Å². The van der Waals surface area contributed by atoms with Gasteiger partial charge in [0.25, 0.3) is 0 Å². The molecule has 0 N–H and O–H groups in total. The van der Waals surface area contributed by atoms with E-state index in [9.17, 15) is 4.79 Å². The van der Waals surface area contributed by atoms with Crippen LogP contribution in [0.15, 0.2) is 54.6 Å². The molecule has 0 spiro atoms. The number of fused-ring (bicyclic) bond motifs is 6. The number of piperazine rings is 6. The van der Waals surface area contributed by atoms with Crippen LogP contribution in [0.3, 0.4) is 0 Å². The fourth-order valence-electron chi connectivity index (χ4n) is 8.10. The van der Waals surface area contributed by atoms with Gasteiger partial charge in [0.2, 0.25) is 0 Å². The summed E-state index contributed by atoms with van der Waals surface area (Å²) in [5, 5.41) is 0. The molecule has 6 fully saturated rings. The normalized spacial score (nSPS) is 32.7. The summed E-state index contributed by atoms with van der Waals surface area (Å²) >= 11 is 0. The van der Waals surface area contributed by atoms with Crippen molar-refractivity contribution in [3.05, 3.63) is 71.3 Å². The van der Waals surface area contributed by atoms with Gasteiger partial charge in [0.15, 0.2) is 0 Å². The molecular weight excluding hydrogens is 508 g/mol. The van der Waals surface area contributed by atoms with Gasteiger partial charge in [-0.1, -0.05) is 61.5 Å². The van der Waals surface area contributed by atoms with Crippen molar-refractivity contribution >= 4 is 5.97 Å². The number of nitrogens with zero attached hydrogens (tertiary/aromatic N) is 4. The lowest BCUT2D eigenvalue weighted by molar-refractivity contribution is -1.09. The van der Waals surface area contributed by atoms with Crippen LogP contribution in [0, 0.1) is 5.41 Å². The minimum absolute atomic E-state index is 0.0403. The van der Waals surface area contributed by atoms with Crippen LogP contribution in [0.1, 0.15) is 43.9 Å². The largest absolute Gasteiger partial charge is 0.459 e. The SMILES string of the molecule is CCC(C)(C)C(=O)OCC[N+]12CC[N+](Cc3ccc(C[N+]45CC[N+](Cc6ccccc6)(CC4)CC5)cc3)(CC1)CC2. The van der Waals surface area contributed by atoms with Crippen molar-refractivity contribution in [2.45, 2.75) is 46.8 Å². The molecule has 0 aromatic heterocycles. The number of quaternary nitrogens is 4. The number of benzene rings is 2. The zero-order valence-corrected chi connectivity index (χ0v) is 26.0. The molecule has 6 aliphatic heterocycles. The summed E-state index contributed by atoms with van der Waals surface area (Å²) in [5.74, 6) is -0.0403. The maximum Gasteiger partial charge on any atom is 0.311 e. The first-order valence-electron chi connectivity index (χ1n) is 16.4. The lowest BCUT2D eigenvalue weighted by atomic mass is 9.91. The summed E-state index contributed by atoms with van der Waals surface area (Å²) < 4.78 is 10.7. The summed E-state index contributed by atoms with van der Waals surface area (Å²) in [6, 6.07) is 20.9. The second kappa shape index (κ2) is 11.1. The average Bonchev–Trinajstić information content (AvgIpc) is 3.00. The Morgan fingerprint density at radius 1 is 0.610 bits per heavy atom. The molecule has 2 aromatic carbocycles. The second-order valence-corrected chi connectivity index (χ2v) is 14.9. The number of hydrogen-bond donors (Lipinski definition) is 0. The van der Waals surface area contributed by atoms with E-state index in [1.165, 1.54) is 128 Å². The van der Waals surface area contributed by atoms with Gasteiger partial charge in [0, 0.05) is 16.7 Å². The first-order valence-corrected chi connectivity index (χ1v) is 16.4. The molecule has 6 saturated heterocycles. The number of carbonyl (C=O) groups is 1. The Bertz CT molecular complexity index is 1160. The van der Waals surface area contributed by atoms with Crippen LogP contribution in [0.2, 0.25) is 0 Å². The lowest BCUT2D eigenvalue weighted by Gasteiger charge is -2.55. The molecule has 8 rings (SSSR count). The summed E-state index contributed by atoms with van der Waals surface area (Å²) in [4.78, 5) is 12.4. The molecule has 6 nitrogen and oxygen atoms in total. The molecule has 0 aliphatic carbocycles. The lowest BCUT2D eigenvalue weighted by Crippen LogP contribution is -2.75. The van der Waals surface area contributed by atoms with E-state index in [1.807, 2.05) is 13.8 Å². The molecule has 6 heterocycles. The summed E-state index contributed by atoms with van der Waals surface area (Å²) in [7, 11) is 0. The minimum atomic E-state index is -0.370. The summed E-state index contributed by atoms with van der Waals surface area (Å²) in [5.41, 5.74) is 4.15. The Kier molecular flexibility index (Phi) is 7.82. The highest BCUT2D eigenvalue weighted by molar-refractivity contribution is 5.75. The Balaban J connectivity index is 0.979. The van der Waals surface area contributed by atoms with Crippen molar-refractivity contribution in [2.75, 3.05) is 91.7 Å². The van der Waals surface area contributed by atoms with Gasteiger partial charge < -0.3 is 22.7 Å². The van der Waals surface area contributed by atoms with Gasteiger partial charge in [-0.2, -0.15) is 0 Å². The molecule has 0 amide bonds. The van der Waals surface area contributed by atoms with Crippen LogP contribution < -0.4 is 0 Å². The van der Waals surface area contributed by atoms with E-state index in [2.05, 4.69) is 61.5 Å². The zero-order chi connectivity index (χ0) is 28.6. The molecule has 41 heavy (non-hydrogen) atoms. The van der Waals surface area contributed by atoms with Crippen LogP contribution >= 0.6 is 0 Å². The van der Waals surface area contributed by atoms with E-state index in [-0.39, 0.29) is 11.4 Å². The Labute approximate surface area is 248 Å². The molecule has 6 heteroatoms. The van der Waals surface area contributed by atoms with Gasteiger partial charge in [-0.05, 0) is 20.3 Å². The molecule has 6 aliphatic rings. The Hall–Kier alpha value is -2.25. The van der Waals surface area contributed by atoms with Gasteiger partial charge in [-0.3, -0.25) is 4.79 Å². The first kappa shape index (κ1) is 28.9. The first-order chi connectivity index (χ1) is 19.7. The number of carbonyl (C=O) groups excluding carboxylic acids is 1. The maximum absolute atomic E-state index is 12.4. The average molecular weight is 563 g/mol. The van der Waals surface area contributed by atoms with Crippen molar-refractivity contribution in [3.8, 4) is 0 Å². The van der Waals surface area contributed by atoms with Gasteiger partial charge in [-0.25, -0.2) is 0 Å². The van der Waals surface area contributed by atoms with Crippen LogP contribution in [0.4, 0.5) is 0 Å². The van der Waals surface area contributed by atoms with Crippen LogP contribution in [0.25, 0.3) is 0 Å². The highest BCUT2D eigenvalue weighted by atomic mass is 16.5. The number of rotatable bonds is 11. The van der Waals surface area contributed by atoms with E-state index in [1.54, 1.807) is 0 Å². The number of esters is 1. The van der Waals surface area contributed by atoms with Crippen molar-refractivity contribution in [3.63, 3.8) is 0 Å². The van der Waals surface area contributed by atoms with E-state index in [0.29, 0.717) is 6.61 Å². The number of hydrogen-bond acceptors (Lipinski definition) is 2. The third-order valence-electron chi connectivity index (χ3n) is 11.9. The quantitative estimate of drug-likeness (QED) is 0.303. The minimum Gasteiger partial charge on any atom is -0.459 e. The van der Waals surface area contributed by atoms with Crippen molar-refractivity contribution in [2.24, 2.45) is 5.41 Å². The van der Waals surface area contributed by atoms with Crippen LogP contribution in [-0.4, -0.2) is 116 Å². The predicted octanol–water partition coefficient (Wildman–Crippen LogP) is 4.19. The third-order valence-corrected chi connectivity index (χ3v) is 11.9. The second-order valence-electron chi connectivity index (χ2n) is 14.9. The maximum atomic E-state index is 12.4. The molecule has 0 atom stereocenters. The van der Waals surface area contributed by atoms with Crippen molar-refractivity contribution in [1.82, 2.24) is 0 Å². The number of ether oxygens (including phenoxy) is 1. The van der Waals surface area contributed by atoms with Crippen molar-refractivity contribution < 1.29 is 27.5 Å². The molecule has 0 unspecified atom stereocenters. The van der Waals surface area contributed by atoms with Gasteiger partial charge in [-0.15, -0.1) is 0 Å². The molecular formula is C35H54N4O2+4. The Morgan fingerprint density at radius 3 is 1.37 bits per heavy atom. The van der Waals surface area contributed by atoms with E-state index in [0.717, 1.165) is 17.4 Å². The standard InChI is InChI=1S/C35H54N4O2/c1-4-35(2,3)34(40)41-27-26-36-14-17-37(18-15-36,19-16-36)29-32-10-12-33(13-11-32)30-39-23-20-38(21-24-39,22-25-39)28-31-8-6-5-7-9-31/h5-13H,4,14-30H2,1-3H3/q+4. The molecule has 0 saturated carbocycles.